The fourth-order valence-electron chi connectivity index (χ4n) is 1.88. The van der Waals surface area contributed by atoms with Gasteiger partial charge >= 0.3 is 0 Å². The molecule has 118 valence electrons. The molecule has 7 heteroatoms. The summed E-state index contributed by atoms with van der Waals surface area (Å²) in [5.74, 6) is -0.405. The Balaban J connectivity index is 2.33. The third kappa shape index (κ3) is 3.25. The number of aromatic nitrogens is 1. The lowest BCUT2D eigenvalue weighted by atomic mass is 10.0. The minimum Gasteiger partial charge on any atom is -0.496 e. The molecule has 22 heavy (non-hydrogen) atoms. The maximum Gasteiger partial charge on any atom is 0.241 e. The number of nitrogens with two attached hydrogens (primary N) is 1. The number of anilines is 1. The van der Waals surface area contributed by atoms with Crippen LogP contribution in [0.4, 0.5) is 10.1 Å². The van der Waals surface area contributed by atoms with E-state index in [1.807, 2.05) is 13.8 Å². The molecule has 0 aliphatic heterocycles. The van der Waals surface area contributed by atoms with E-state index in [0.29, 0.717) is 17.1 Å². The van der Waals surface area contributed by atoms with Crippen LogP contribution in [0.15, 0.2) is 29.1 Å². The van der Waals surface area contributed by atoms with Gasteiger partial charge in [-0.05, 0) is 12.0 Å². The van der Waals surface area contributed by atoms with Gasteiger partial charge in [0.2, 0.25) is 5.91 Å². The highest BCUT2D eigenvalue weighted by Crippen LogP contribution is 2.34. The van der Waals surface area contributed by atoms with Crippen LogP contribution >= 0.6 is 0 Å². The Hall–Kier alpha value is -2.41. The van der Waals surface area contributed by atoms with E-state index < -0.39 is 17.8 Å². The maximum absolute atomic E-state index is 14.2. The molecule has 0 radical (unpaired) electrons. The molecule has 1 aromatic heterocycles. The van der Waals surface area contributed by atoms with Gasteiger partial charge in [-0.2, -0.15) is 0 Å². The summed E-state index contributed by atoms with van der Waals surface area (Å²) in [6.45, 7) is 3.63. The molecule has 1 unspecified atom stereocenters. The van der Waals surface area contributed by atoms with Crippen molar-refractivity contribution in [2.45, 2.75) is 19.9 Å². The number of nitrogens with one attached hydrogen (secondary N) is 1. The predicted molar refractivity (Wildman–Crippen MR) is 79.9 cm³/mol. The molecule has 1 amide bonds. The van der Waals surface area contributed by atoms with Crippen molar-refractivity contribution in [3.8, 4) is 17.1 Å². The molecule has 0 bridgehead atoms. The summed E-state index contributed by atoms with van der Waals surface area (Å²) in [7, 11) is 1.44. The molecule has 1 aromatic carbocycles. The number of halogens is 1. The van der Waals surface area contributed by atoms with E-state index in [0.717, 1.165) is 0 Å². The van der Waals surface area contributed by atoms with Gasteiger partial charge in [-0.25, -0.2) is 9.37 Å². The van der Waals surface area contributed by atoms with Crippen LogP contribution in [0.5, 0.6) is 5.75 Å². The molecule has 2 aromatic rings. The van der Waals surface area contributed by atoms with Crippen LogP contribution < -0.4 is 15.8 Å². The highest BCUT2D eigenvalue weighted by molar-refractivity contribution is 5.95. The smallest absolute Gasteiger partial charge is 0.241 e. The second-order valence-electron chi connectivity index (χ2n) is 5.16. The Labute approximate surface area is 127 Å². The maximum atomic E-state index is 14.2. The highest BCUT2D eigenvalue weighted by atomic mass is 19.1. The lowest BCUT2D eigenvalue weighted by Crippen LogP contribution is -2.39. The van der Waals surface area contributed by atoms with Gasteiger partial charge in [0, 0.05) is 6.07 Å². The van der Waals surface area contributed by atoms with Crippen molar-refractivity contribution in [2.24, 2.45) is 11.7 Å². The Kier molecular flexibility index (Phi) is 4.77. The fraction of sp³-hybridized carbons (Fsp3) is 0.333. The SMILES string of the molecule is COc1cc(NC(=O)C(N)C(C)C)c(F)cc1-c1cnco1. The van der Waals surface area contributed by atoms with Crippen LogP contribution in [0.3, 0.4) is 0 Å². The van der Waals surface area contributed by atoms with E-state index in [1.165, 1.54) is 31.8 Å². The van der Waals surface area contributed by atoms with Crippen molar-refractivity contribution in [1.29, 1.82) is 0 Å². The third-order valence-corrected chi connectivity index (χ3v) is 3.27. The molecule has 2 rings (SSSR count). The Morgan fingerprint density at radius 3 is 2.73 bits per heavy atom. The van der Waals surface area contributed by atoms with Crippen molar-refractivity contribution in [3.05, 3.63) is 30.5 Å². The van der Waals surface area contributed by atoms with E-state index in [-0.39, 0.29) is 11.6 Å². The summed E-state index contributed by atoms with van der Waals surface area (Å²) >= 11 is 0. The van der Waals surface area contributed by atoms with E-state index in [1.54, 1.807) is 0 Å². The van der Waals surface area contributed by atoms with Crippen LogP contribution in [-0.2, 0) is 4.79 Å². The number of carbonyl (C=O) groups excluding carboxylic acids is 1. The second-order valence-corrected chi connectivity index (χ2v) is 5.16. The monoisotopic (exact) mass is 307 g/mol. The predicted octanol–water partition coefficient (Wildman–Crippen LogP) is 2.41. The van der Waals surface area contributed by atoms with Crippen molar-refractivity contribution >= 4 is 11.6 Å². The Morgan fingerprint density at radius 1 is 1.45 bits per heavy atom. The number of amides is 1. The van der Waals surface area contributed by atoms with Crippen LogP contribution in [0.25, 0.3) is 11.3 Å². The van der Waals surface area contributed by atoms with Gasteiger partial charge in [-0.3, -0.25) is 4.79 Å². The third-order valence-electron chi connectivity index (χ3n) is 3.27. The summed E-state index contributed by atoms with van der Waals surface area (Å²) < 4.78 is 24.6. The summed E-state index contributed by atoms with van der Waals surface area (Å²) in [6.07, 6.45) is 2.69. The number of ether oxygens (including phenoxy) is 1. The van der Waals surface area contributed by atoms with E-state index in [4.69, 9.17) is 14.9 Å². The first-order valence-electron chi connectivity index (χ1n) is 6.77. The molecule has 0 spiro atoms. The van der Waals surface area contributed by atoms with Crippen molar-refractivity contribution in [1.82, 2.24) is 4.98 Å². The molecule has 0 aliphatic carbocycles. The summed E-state index contributed by atoms with van der Waals surface area (Å²) in [4.78, 5) is 15.7. The first-order valence-corrected chi connectivity index (χ1v) is 6.77. The molecular weight excluding hydrogens is 289 g/mol. The molecule has 0 aliphatic rings. The van der Waals surface area contributed by atoms with Gasteiger partial charge in [0.1, 0.15) is 11.6 Å². The Morgan fingerprint density at radius 2 is 2.18 bits per heavy atom. The standard InChI is InChI=1S/C15H18FN3O3/c1-8(2)14(17)15(20)19-11-5-12(21-3)9(4-10(11)16)13-6-18-7-22-13/h4-8,14H,17H2,1-3H3,(H,19,20). The number of benzene rings is 1. The van der Waals surface area contributed by atoms with Gasteiger partial charge in [0.15, 0.2) is 12.2 Å². The number of rotatable bonds is 5. The normalized spacial score (nSPS) is 12.3. The Bertz CT molecular complexity index is 656. The summed E-state index contributed by atoms with van der Waals surface area (Å²) in [6, 6.07) is 1.88. The second kappa shape index (κ2) is 6.57. The van der Waals surface area contributed by atoms with Crippen LogP contribution in [0.2, 0.25) is 0 Å². The van der Waals surface area contributed by atoms with Gasteiger partial charge in [-0.1, -0.05) is 13.8 Å². The number of hydrogen-bond donors (Lipinski definition) is 2. The average Bonchev–Trinajstić information content (AvgIpc) is 3.01. The molecule has 0 fully saturated rings. The number of methoxy groups -OCH3 is 1. The average molecular weight is 307 g/mol. The molecule has 1 heterocycles. The van der Waals surface area contributed by atoms with E-state index in [9.17, 15) is 9.18 Å². The minimum atomic E-state index is -0.723. The highest BCUT2D eigenvalue weighted by Gasteiger charge is 2.20. The fourth-order valence-corrected chi connectivity index (χ4v) is 1.88. The largest absolute Gasteiger partial charge is 0.496 e. The number of oxazole rings is 1. The van der Waals surface area contributed by atoms with Crippen molar-refractivity contribution in [3.63, 3.8) is 0 Å². The summed E-state index contributed by atoms with van der Waals surface area (Å²) in [5, 5.41) is 2.47. The zero-order chi connectivity index (χ0) is 16.3. The van der Waals surface area contributed by atoms with Gasteiger partial charge in [0.05, 0.1) is 30.6 Å². The zero-order valence-corrected chi connectivity index (χ0v) is 12.6. The first kappa shape index (κ1) is 16.0. The molecule has 6 nitrogen and oxygen atoms in total. The summed E-state index contributed by atoms with van der Waals surface area (Å²) in [5.41, 5.74) is 6.15. The van der Waals surface area contributed by atoms with E-state index >= 15 is 0 Å². The molecule has 0 saturated heterocycles. The van der Waals surface area contributed by atoms with Gasteiger partial charge in [-0.15, -0.1) is 0 Å². The molecule has 3 N–H and O–H groups in total. The number of hydrogen-bond acceptors (Lipinski definition) is 5. The van der Waals surface area contributed by atoms with Crippen molar-refractivity contribution < 1.29 is 18.3 Å². The zero-order valence-electron chi connectivity index (χ0n) is 12.6. The van der Waals surface area contributed by atoms with Crippen LogP contribution in [0.1, 0.15) is 13.8 Å². The van der Waals surface area contributed by atoms with Crippen LogP contribution in [0, 0.1) is 11.7 Å². The topological polar surface area (TPSA) is 90.4 Å². The van der Waals surface area contributed by atoms with Gasteiger partial charge < -0.3 is 20.2 Å². The number of carbonyl (C=O) groups is 1. The first-order chi connectivity index (χ1) is 10.4. The lowest BCUT2D eigenvalue weighted by molar-refractivity contribution is -0.118. The lowest BCUT2D eigenvalue weighted by Gasteiger charge is -2.16. The quantitative estimate of drug-likeness (QED) is 0.885. The molecular formula is C15H18FN3O3. The van der Waals surface area contributed by atoms with Crippen molar-refractivity contribution in [2.75, 3.05) is 12.4 Å². The van der Waals surface area contributed by atoms with E-state index in [2.05, 4.69) is 10.3 Å². The van der Waals surface area contributed by atoms with Crippen LogP contribution in [-0.4, -0.2) is 24.0 Å². The molecule has 1 atom stereocenters. The minimum absolute atomic E-state index is 0.00113. The molecule has 0 saturated carbocycles. The number of nitrogens with zero attached hydrogens (tertiary/aromatic N) is 1. The van der Waals surface area contributed by atoms with Gasteiger partial charge in [0.25, 0.3) is 0 Å².